The van der Waals surface area contributed by atoms with Gasteiger partial charge in [0.05, 0.1) is 11.6 Å². The van der Waals surface area contributed by atoms with Crippen LogP contribution < -0.4 is 5.32 Å². The maximum Gasteiger partial charge on any atom is 0.243 e. The number of hydrogen-bond donors (Lipinski definition) is 2. The zero-order chi connectivity index (χ0) is 19.8. The van der Waals surface area contributed by atoms with Crippen LogP contribution >= 0.6 is 0 Å². The summed E-state index contributed by atoms with van der Waals surface area (Å²) >= 11 is 0. The molecule has 2 fully saturated rings. The minimum atomic E-state index is -0.629. The standard InChI is InChI=1S/C22H32N2O3/c1-15(25)24-14-18(26)13-19(24)20(27)23-22(11-5-6-12-22)17-9-7-16(8-10-17)21(2,3)4/h7-10,18-19,26H,5-6,11-14H2,1-4H3,(H,23,27)/t18-,19-/m1/s1. The van der Waals surface area contributed by atoms with E-state index in [0.717, 1.165) is 31.2 Å². The topological polar surface area (TPSA) is 69.6 Å². The van der Waals surface area contributed by atoms with Crippen LogP contribution in [0.1, 0.15) is 70.9 Å². The van der Waals surface area contributed by atoms with Crippen LogP contribution in [0.2, 0.25) is 0 Å². The van der Waals surface area contributed by atoms with Crippen LogP contribution in [0.5, 0.6) is 0 Å². The molecule has 1 saturated carbocycles. The molecule has 1 heterocycles. The molecule has 27 heavy (non-hydrogen) atoms. The van der Waals surface area contributed by atoms with Crippen molar-refractivity contribution >= 4 is 11.8 Å². The first-order chi connectivity index (χ1) is 12.6. The Morgan fingerprint density at radius 1 is 1.15 bits per heavy atom. The predicted octanol–water partition coefficient (Wildman–Crippen LogP) is 2.85. The van der Waals surface area contributed by atoms with Crippen molar-refractivity contribution in [3.05, 3.63) is 35.4 Å². The van der Waals surface area contributed by atoms with Crippen LogP contribution in [0.25, 0.3) is 0 Å². The van der Waals surface area contributed by atoms with E-state index in [1.165, 1.54) is 17.4 Å². The highest BCUT2D eigenvalue weighted by atomic mass is 16.3. The Balaban J connectivity index is 1.83. The van der Waals surface area contributed by atoms with Crippen LogP contribution in [-0.4, -0.2) is 40.5 Å². The molecule has 1 aliphatic carbocycles. The molecule has 2 N–H and O–H groups in total. The van der Waals surface area contributed by atoms with Gasteiger partial charge in [-0.25, -0.2) is 0 Å². The third-order valence-electron chi connectivity index (χ3n) is 6.11. The van der Waals surface area contributed by atoms with Crippen molar-refractivity contribution in [2.75, 3.05) is 6.54 Å². The predicted molar refractivity (Wildman–Crippen MR) is 105 cm³/mol. The van der Waals surface area contributed by atoms with Crippen molar-refractivity contribution in [2.24, 2.45) is 0 Å². The second-order valence-corrected chi connectivity index (χ2v) is 9.18. The maximum absolute atomic E-state index is 13.1. The molecular formula is C22H32N2O3. The lowest BCUT2D eigenvalue weighted by atomic mass is 9.82. The molecule has 5 nitrogen and oxygen atoms in total. The first-order valence-electron chi connectivity index (χ1n) is 10.0. The van der Waals surface area contributed by atoms with E-state index in [2.05, 4.69) is 50.4 Å². The number of hydrogen-bond acceptors (Lipinski definition) is 3. The number of nitrogens with one attached hydrogen (secondary N) is 1. The van der Waals surface area contributed by atoms with Crippen LogP contribution in [0.15, 0.2) is 24.3 Å². The lowest BCUT2D eigenvalue weighted by molar-refractivity contribution is -0.137. The normalized spacial score (nSPS) is 24.9. The number of β-amino-alcohol motifs (C(OH)–C–C–N with tert-alkyl or cyclic N) is 1. The minimum absolute atomic E-state index is 0.0899. The van der Waals surface area contributed by atoms with Crippen molar-refractivity contribution in [3.8, 4) is 0 Å². The van der Waals surface area contributed by atoms with Gasteiger partial charge < -0.3 is 15.3 Å². The van der Waals surface area contributed by atoms with Crippen LogP contribution in [0.3, 0.4) is 0 Å². The maximum atomic E-state index is 13.1. The quantitative estimate of drug-likeness (QED) is 0.857. The zero-order valence-corrected chi connectivity index (χ0v) is 16.9. The average molecular weight is 373 g/mol. The fourth-order valence-electron chi connectivity index (χ4n) is 4.48. The first-order valence-corrected chi connectivity index (χ1v) is 10.0. The summed E-state index contributed by atoms with van der Waals surface area (Å²) in [6, 6.07) is 8.01. The van der Waals surface area contributed by atoms with Gasteiger partial charge in [-0.15, -0.1) is 0 Å². The molecule has 0 radical (unpaired) electrons. The Hall–Kier alpha value is -1.88. The van der Waals surface area contributed by atoms with Crippen LogP contribution in [-0.2, 0) is 20.5 Å². The van der Waals surface area contributed by atoms with E-state index in [0.29, 0.717) is 6.42 Å². The highest BCUT2D eigenvalue weighted by Crippen LogP contribution is 2.40. The number of nitrogens with zero attached hydrogens (tertiary/aromatic N) is 1. The molecule has 2 amide bonds. The summed E-state index contributed by atoms with van der Waals surface area (Å²) in [4.78, 5) is 26.4. The Bertz CT molecular complexity index is 699. The molecule has 1 saturated heterocycles. The number of aliphatic hydroxyl groups is 1. The Morgan fingerprint density at radius 2 is 1.74 bits per heavy atom. The number of amides is 2. The molecule has 5 heteroatoms. The first kappa shape index (κ1) is 19.9. The number of carbonyl (C=O) groups is 2. The SMILES string of the molecule is CC(=O)N1C[C@H](O)C[C@@H]1C(=O)NC1(c2ccc(C(C)(C)C)cc2)CCCC1. The summed E-state index contributed by atoms with van der Waals surface area (Å²) in [6.45, 7) is 8.26. The fraction of sp³-hybridized carbons (Fsp3) is 0.636. The van der Waals surface area contributed by atoms with Gasteiger partial charge >= 0.3 is 0 Å². The van der Waals surface area contributed by atoms with Crippen molar-refractivity contribution in [1.82, 2.24) is 10.2 Å². The van der Waals surface area contributed by atoms with Crippen LogP contribution in [0, 0.1) is 0 Å². The van der Waals surface area contributed by atoms with E-state index in [1.807, 2.05) is 0 Å². The molecule has 3 rings (SSSR count). The van der Waals surface area contributed by atoms with Crippen molar-refractivity contribution in [3.63, 3.8) is 0 Å². The second kappa shape index (κ2) is 7.27. The molecule has 0 aromatic heterocycles. The Morgan fingerprint density at radius 3 is 2.26 bits per heavy atom. The van der Waals surface area contributed by atoms with Crippen molar-refractivity contribution < 1.29 is 14.7 Å². The van der Waals surface area contributed by atoms with Gasteiger partial charge in [0.25, 0.3) is 0 Å². The molecule has 2 atom stereocenters. The van der Waals surface area contributed by atoms with E-state index >= 15 is 0 Å². The van der Waals surface area contributed by atoms with Gasteiger partial charge in [0.2, 0.25) is 11.8 Å². The van der Waals surface area contributed by atoms with Gasteiger partial charge in [0.15, 0.2) is 0 Å². The van der Waals surface area contributed by atoms with Gasteiger partial charge in [0, 0.05) is 19.9 Å². The lowest BCUT2D eigenvalue weighted by Gasteiger charge is -2.34. The molecule has 2 aliphatic rings. The highest BCUT2D eigenvalue weighted by molar-refractivity contribution is 5.88. The zero-order valence-electron chi connectivity index (χ0n) is 16.9. The number of carbonyl (C=O) groups excluding carboxylic acids is 2. The molecule has 1 aromatic rings. The van der Waals surface area contributed by atoms with Gasteiger partial charge in [0.1, 0.15) is 6.04 Å². The van der Waals surface area contributed by atoms with E-state index in [4.69, 9.17) is 0 Å². The Kier molecular flexibility index (Phi) is 5.35. The van der Waals surface area contributed by atoms with Gasteiger partial charge in [-0.1, -0.05) is 57.9 Å². The summed E-state index contributed by atoms with van der Waals surface area (Å²) in [5, 5.41) is 13.2. The Labute approximate surface area is 162 Å². The van der Waals surface area contributed by atoms with E-state index in [9.17, 15) is 14.7 Å². The molecule has 0 spiro atoms. The lowest BCUT2D eigenvalue weighted by Crippen LogP contribution is -2.52. The largest absolute Gasteiger partial charge is 0.391 e. The average Bonchev–Trinajstić information content (AvgIpc) is 3.22. The molecule has 148 valence electrons. The molecular weight excluding hydrogens is 340 g/mol. The van der Waals surface area contributed by atoms with E-state index in [-0.39, 0.29) is 29.3 Å². The fourth-order valence-corrected chi connectivity index (χ4v) is 4.48. The summed E-state index contributed by atoms with van der Waals surface area (Å²) in [7, 11) is 0. The van der Waals surface area contributed by atoms with Crippen molar-refractivity contribution in [1.29, 1.82) is 0 Å². The highest BCUT2D eigenvalue weighted by Gasteiger charge is 2.43. The number of aliphatic hydroxyl groups excluding tert-OH is 1. The molecule has 0 unspecified atom stereocenters. The smallest absolute Gasteiger partial charge is 0.243 e. The van der Waals surface area contributed by atoms with Gasteiger partial charge in [-0.05, 0) is 29.4 Å². The van der Waals surface area contributed by atoms with E-state index < -0.39 is 12.1 Å². The number of rotatable bonds is 3. The molecule has 1 aromatic carbocycles. The summed E-state index contributed by atoms with van der Waals surface area (Å²) in [5.74, 6) is -0.315. The summed E-state index contributed by atoms with van der Waals surface area (Å²) in [6.07, 6.45) is 3.64. The minimum Gasteiger partial charge on any atom is -0.391 e. The molecule has 0 bridgehead atoms. The van der Waals surface area contributed by atoms with Gasteiger partial charge in [-0.3, -0.25) is 9.59 Å². The van der Waals surface area contributed by atoms with Gasteiger partial charge in [-0.2, -0.15) is 0 Å². The third-order valence-corrected chi connectivity index (χ3v) is 6.11. The number of likely N-dealkylation sites (tertiary alicyclic amines) is 1. The summed E-state index contributed by atoms with van der Waals surface area (Å²) < 4.78 is 0. The summed E-state index contributed by atoms with van der Waals surface area (Å²) in [5.41, 5.74) is 2.12. The van der Waals surface area contributed by atoms with Crippen LogP contribution in [0.4, 0.5) is 0 Å². The van der Waals surface area contributed by atoms with E-state index in [1.54, 1.807) is 0 Å². The van der Waals surface area contributed by atoms with Crippen molar-refractivity contribution in [2.45, 2.75) is 82.9 Å². The second-order valence-electron chi connectivity index (χ2n) is 9.18. The third kappa shape index (κ3) is 4.03. The monoisotopic (exact) mass is 372 g/mol. The number of benzene rings is 1. The molecule has 1 aliphatic heterocycles.